The molecule has 0 fully saturated rings. The molecule has 1 aromatic carbocycles. The summed E-state index contributed by atoms with van der Waals surface area (Å²) < 4.78 is 35.5. The van der Waals surface area contributed by atoms with Gasteiger partial charge in [-0.2, -0.15) is 0 Å². The zero-order valence-electron chi connectivity index (χ0n) is 8.06. The van der Waals surface area contributed by atoms with E-state index in [-0.39, 0.29) is 22.5 Å². The Bertz CT molecular complexity index is 523. The van der Waals surface area contributed by atoms with Crippen LogP contribution in [-0.2, 0) is 14.6 Å². The first kappa shape index (κ1) is 12.9. The van der Waals surface area contributed by atoms with Crippen LogP contribution < -0.4 is 0 Å². The second-order valence-electron chi connectivity index (χ2n) is 3.02. The third kappa shape index (κ3) is 3.15. The SMILES string of the molecule is O=C/C(=C\F)CS(=O)(=O)c1cccc(Cl)c1. The molecule has 1 aromatic rings. The molecule has 16 heavy (non-hydrogen) atoms. The van der Waals surface area contributed by atoms with Crippen molar-refractivity contribution in [1.82, 2.24) is 0 Å². The van der Waals surface area contributed by atoms with Crippen LogP contribution in [0, 0.1) is 0 Å². The summed E-state index contributed by atoms with van der Waals surface area (Å²) in [5, 5.41) is 0.262. The lowest BCUT2D eigenvalue weighted by Gasteiger charge is -2.03. The second-order valence-corrected chi connectivity index (χ2v) is 5.44. The number of halogens is 2. The van der Waals surface area contributed by atoms with Gasteiger partial charge in [-0.15, -0.1) is 0 Å². The van der Waals surface area contributed by atoms with E-state index in [9.17, 15) is 17.6 Å². The molecule has 6 heteroatoms. The van der Waals surface area contributed by atoms with Gasteiger partial charge in [0, 0.05) is 10.6 Å². The maximum absolute atomic E-state index is 12.1. The molecule has 1 rings (SSSR count). The van der Waals surface area contributed by atoms with E-state index in [0.29, 0.717) is 0 Å². The van der Waals surface area contributed by atoms with E-state index in [4.69, 9.17) is 11.6 Å². The van der Waals surface area contributed by atoms with Gasteiger partial charge in [-0.05, 0) is 18.2 Å². The molecule has 0 saturated heterocycles. The van der Waals surface area contributed by atoms with Crippen LogP contribution in [0.5, 0.6) is 0 Å². The van der Waals surface area contributed by atoms with E-state index in [1.54, 1.807) is 0 Å². The molecule has 0 saturated carbocycles. The van der Waals surface area contributed by atoms with Gasteiger partial charge < -0.3 is 0 Å². The van der Waals surface area contributed by atoms with Gasteiger partial charge in [-0.3, -0.25) is 4.79 Å². The van der Waals surface area contributed by atoms with Gasteiger partial charge in [0.25, 0.3) is 0 Å². The molecule has 0 N–H and O–H groups in total. The predicted octanol–water partition coefficient (Wildman–Crippen LogP) is 2.17. The molecule has 0 unspecified atom stereocenters. The van der Waals surface area contributed by atoms with Crippen LogP contribution in [0.2, 0.25) is 5.02 Å². The summed E-state index contributed by atoms with van der Waals surface area (Å²) in [6, 6.07) is 5.57. The normalized spacial score (nSPS) is 12.5. The van der Waals surface area contributed by atoms with Crippen LogP contribution in [-0.4, -0.2) is 20.5 Å². The molecule has 0 heterocycles. The molecule has 0 radical (unpaired) electrons. The lowest BCUT2D eigenvalue weighted by atomic mass is 10.4. The van der Waals surface area contributed by atoms with Gasteiger partial charge in [0.2, 0.25) is 0 Å². The summed E-state index contributed by atoms with van der Waals surface area (Å²) in [4.78, 5) is 10.3. The van der Waals surface area contributed by atoms with Crippen LogP contribution in [0.25, 0.3) is 0 Å². The third-order valence-corrected chi connectivity index (χ3v) is 3.72. The van der Waals surface area contributed by atoms with Crippen LogP contribution >= 0.6 is 11.6 Å². The van der Waals surface area contributed by atoms with E-state index in [0.717, 1.165) is 0 Å². The molecule has 0 bridgehead atoms. The molecule has 0 spiro atoms. The van der Waals surface area contributed by atoms with E-state index in [2.05, 4.69) is 0 Å². The maximum atomic E-state index is 12.1. The lowest BCUT2D eigenvalue weighted by molar-refractivity contribution is -0.104. The van der Waals surface area contributed by atoms with Gasteiger partial charge >= 0.3 is 0 Å². The molecule has 0 aliphatic heterocycles. The van der Waals surface area contributed by atoms with Gasteiger partial charge in [-0.1, -0.05) is 17.7 Å². The van der Waals surface area contributed by atoms with Crippen molar-refractivity contribution in [2.75, 3.05) is 5.75 Å². The molecule has 3 nitrogen and oxygen atoms in total. The van der Waals surface area contributed by atoms with Crippen molar-refractivity contribution in [3.63, 3.8) is 0 Å². The summed E-state index contributed by atoms with van der Waals surface area (Å²) in [6.07, 6.45) is 0.150. The minimum atomic E-state index is -3.73. The fourth-order valence-electron chi connectivity index (χ4n) is 1.05. The number of sulfone groups is 1. The standard InChI is InChI=1S/C10H8ClFO3S/c11-9-2-1-3-10(4-9)16(14,15)7-8(5-12)6-13/h1-6H,7H2/b8-5+. The van der Waals surface area contributed by atoms with Crippen molar-refractivity contribution in [2.45, 2.75) is 4.90 Å². The molecule has 0 aliphatic carbocycles. The Labute approximate surface area is 97.5 Å². The van der Waals surface area contributed by atoms with Gasteiger partial charge in [0.05, 0.1) is 17.0 Å². The number of benzene rings is 1. The third-order valence-electron chi connectivity index (χ3n) is 1.80. The number of carbonyl (C=O) groups is 1. The zero-order chi connectivity index (χ0) is 12.2. The summed E-state index contributed by atoms with van der Waals surface area (Å²) >= 11 is 5.63. The minimum absolute atomic E-state index is 0.0188. The Kier molecular flexibility index (Phi) is 4.20. The fourth-order valence-corrected chi connectivity index (χ4v) is 2.64. The molecule has 86 valence electrons. The molecular weight excluding hydrogens is 255 g/mol. The molecule has 0 atom stereocenters. The van der Waals surface area contributed by atoms with Crippen molar-refractivity contribution in [1.29, 1.82) is 0 Å². The number of carbonyl (C=O) groups excluding carboxylic acids is 1. The van der Waals surface area contributed by atoms with Crippen molar-refractivity contribution >= 4 is 27.7 Å². The Morgan fingerprint density at radius 2 is 2.12 bits per heavy atom. The average Bonchev–Trinajstić information content (AvgIpc) is 2.26. The topological polar surface area (TPSA) is 51.2 Å². The number of hydrogen-bond donors (Lipinski definition) is 0. The highest BCUT2D eigenvalue weighted by Crippen LogP contribution is 2.18. The Hall–Kier alpha value is -1.20. The second kappa shape index (κ2) is 5.23. The van der Waals surface area contributed by atoms with Crippen molar-refractivity contribution in [3.05, 3.63) is 41.2 Å². The van der Waals surface area contributed by atoms with Crippen LogP contribution in [0.1, 0.15) is 0 Å². The fraction of sp³-hybridized carbons (Fsp3) is 0.100. The number of rotatable bonds is 4. The lowest BCUT2D eigenvalue weighted by Crippen LogP contribution is -2.09. The number of aldehydes is 1. The van der Waals surface area contributed by atoms with E-state index >= 15 is 0 Å². The first-order valence-electron chi connectivity index (χ1n) is 4.22. The van der Waals surface area contributed by atoms with E-state index < -0.39 is 21.2 Å². The first-order chi connectivity index (χ1) is 7.49. The highest BCUT2D eigenvalue weighted by atomic mass is 35.5. The minimum Gasteiger partial charge on any atom is -0.298 e. The van der Waals surface area contributed by atoms with Crippen molar-refractivity contribution < 1.29 is 17.6 Å². The van der Waals surface area contributed by atoms with Crippen molar-refractivity contribution in [3.8, 4) is 0 Å². The first-order valence-corrected chi connectivity index (χ1v) is 6.25. The van der Waals surface area contributed by atoms with Crippen molar-refractivity contribution in [2.24, 2.45) is 0 Å². The summed E-state index contributed by atoms with van der Waals surface area (Å²) in [5.41, 5.74) is -0.431. The van der Waals surface area contributed by atoms with Crippen LogP contribution in [0.3, 0.4) is 0 Å². The summed E-state index contributed by atoms with van der Waals surface area (Å²) in [6.45, 7) is 0. The van der Waals surface area contributed by atoms with Crippen LogP contribution in [0.4, 0.5) is 4.39 Å². The Balaban J connectivity index is 3.08. The van der Waals surface area contributed by atoms with Crippen LogP contribution in [0.15, 0.2) is 41.1 Å². The van der Waals surface area contributed by atoms with Gasteiger partial charge in [0.1, 0.15) is 6.29 Å². The highest BCUT2D eigenvalue weighted by Gasteiger charge is 2.16. The highest BCUT2D eigenvalue weighted by molar-refractivity contribution is 7.91. The zero-order valence-corrected chi connectivity index (χ0v) is 9.63. The molecule has 0 amide bonds. The van der Waals surface area contributed by atoms with Gasteiger partial charge in [0.15, 0.2) is 9.84 Å². The maximum Gasteiger partial charge on any atom is 0.182 e. The monoisotopic (exact) mass is 262 g/mol. The summed E-state index contributed by atoms with van der Waals surface area (Å²) in [5.74, 6) is -0.673. The summed E-state index contributed by atoms with van der Waals surface area (Å²) in [7, 11) is -3.73. The quantitative estimate of drug-likeness (QED) is 0.617. The Morgan fingerprint density at radius 3 is 2.62 bits per heavy atom. The smallest absolute Gasteiger partial charge is 0.182 e. The van der Waals surface area contributed by atoms with E-state index in [1.807, 2.05) is 0 Å². The molecular formula is C10H8ClFO3S. The largest absolute Gasteiger partial charge is 0.298 e. The molecule has 0 aromatic heterocycles. The van der Waals surface area contributed by atoms with E-state index in [1.165, 1.54) is 24.3 Å². The Morgan fingerprint density at radius 1 is 1.44 bits per heavy atom. The number of hydrogen-bond acceptors (Lipinski definition) is 3. The van der Waals surface area contributed by atoms with Gasteiger partial charge in [-0.25, -0.2) is 12.8 Å². The molecule has 0 aliphatic rings. The average molecular weight is 263 g/mol. The predicted molar refractivity (Wildman–Crippen MR) is 58.8 cm³/mol.